The van der Waals surface area contributed by atoms with Gasteiger partial charge in [-0.25, -0.2) is 0 Å². The first-order valence-electron chi connectivity index (χ1n) is 22.3. The highest BCUT2D eigenvalue weighted by Crippen LogP contribution is 2.21. The summed E-state index contributed by atoms with van der Waals surface area (Å²) in [4.78, 5) is 9.06. The number of benzene rings is 2. The fourth-order valence-corrected chi connectivity index (χ4v) is 7.21. The summed E-state index contributed by atoms with van der Waals surface area (Å²) in [6.45, 7) is 5.65. The maximum absolute atomic E-state index is 10.4. The second kappa shape index (κ2) is 33.0. The number of unbranched alkanes of at least 4 members (excludes halogenated alkanes) is 26. The van der Waals surface area contributed by atoms with Crippen LogP contribution in [0.15, 0.2) is 46.4 Å². The molecular formula is C48H80N2O2. The first kappa shape index (κ1) is 45.5. The van der Waals surface area contributed by atoms with Crippen molar-refractivity contribution in [3.63, 3.8) is 0 Å². The Hall–Kier alpha value is -2.62. The Morgan fingerprint density at radius 1 is 0.385 bits per heavy atom. The largest absolute Gasteiger partial charge is 0.507 e. The molecule has 52 heavy (non-hydrogen) atoms. The second-order valence-electron chi connectivity index (χ2n) is 15.5. The normalized spacial score (nSPS) is 11.8. The Bertz CT molecular complexity index is 1080. The molecule has 4 heteroatoms. The minimum absolute atomic E-state index is 0.275. The molecule has 0 unspecified atom stereocenters. The number of hydrogen-bond donors (Lipinski definition) is 2. The van der Waals surface area contributed by atoms with Crippen molar-refractivity contribution in [1.82, 2.24) is 0 Å². The summed E-state index contributed by atoms with van der Waals surface area (Å²) in [5, 5.41) is 20.7. The van der Waals surface area contributed by atoms with Gasteiger partial charge >= 0.3 is 0 Å². The number of phenols is 2. The van der Waals surface area contributed by atoms with E-state index in [4.69, 9.17) is 0 Å². The SMILES string of the molecule is CCCCCCCCCCCCCCCCc1ccc(O)c(C=NCCN=Cc2cc(CCCCCCCCCCCCCCCC)ccc2O)c1. The van der Waals surface area contributed by atoms with E-state index in [-0.39, 0.29) is 11.5 Å². The molecule has 0 aliphatic carbocycles. The maximum Gasteiger partial charge on any atom is 0.124 e. The molecule has 2 aromatic carbocycles. The minimum Gasteiger partial charge on any atom is -0.507 e. The molecule has 0 saturated carbocycles. The van der Waals surface area contributed by atoms with Gasteiger partial charge in [0.15, 0.2) is 0 Å². The van der Waals surface area contributed by atoms with E-state index < -0.39 is 0 Å². The van der Waals surface area contributed by atoms with Crippen LogP contribution in [0.25, 0.3) is 0 Å². The molecule has 0 amide bonds. The molecule has 0 fully saturated rings. The van der Waals surface area contributed by atoms with Gasteiger partial charge < -0.3 is 10.2 Å². The van der Waals surface area contributed by atoms with Crippen LogP contribution in [0.1, 0.15) is 216 Å². The van der Waals surface area contributed by atoms with Gasteiger partial charge in [0.25, 0.3) is 0 Å². The van der Waals surface area contributed by atoms with Crippen LogP contribution in [0.4, 0.5) is 0 Å². The van der Waals surface area contributed by atoms with Crippen LogP contribution in [-0.4, -0.2) is 35.7 Å². The van der Waals surface area contributed by atoms with Gasteiger partial charge in [0.05, 0.1) is 13.1 Å². The lowest BCUT2D eigenvalue weighted by molar-refractivity contribution is 0.473. The van der Waals surface area contributed by atoms with Gasteiger partial charge in [-0.2, -0.15) is 0 Å². The molecule has 2 N–H and O–H groups in total. The quantitative estimate of drug-likeness (QED) is 0.0551. The summed E-state index contributed by atoms with van der Waals surface area (Å²) in [7, 11) is 0. The van der Waals surface area contributed by atoms with Crippen LogP contribution in [0.2, 0.25) is 0 Å². The zero-order valence-electron chi connectivity index (χ0n) is 34.0. The molecule has 0 atom stereocenters. The van der Waals surface area contributed by atoms with Crippen LogP contribution < -0.4 is 0 Å². The number of nitrogens with zero attached hydrogens (tertiary/aromatic N) is 2. The summed E-state index contributed by atoms with van der Waals surface area (Å²) in [5.74, 6) is 0.551. The van der Waals surface area contributed by atoms with E-state index in [9.17, 15) is 10.2 Å². The van der Waals surface area contributed by atoms with E-state index in [2.05, 4.69) is 36.0 Å². The monoisotopic (exact) mass is 717 g/mol. The van der Waals surface area contributed by atoms with Gasteiger partial charge in [0, 0.05) is 23.6 Å². The van der Waals surface area contributed by atoms with Gasteiger partial charge in [-0.3, -0.25) is 9.98 Å². The van der Waals surface area contributed by atoms with Crippen molar-refractivity contribution in [1.29, 1.82) is 0 Å². The fraction of sp³-hybridized carbons (Fsp3) is 0.708. The number of aryl methyl sites for hydroxylation is 2. The van der Waals surface area contributed by atoms with E-state index in [1.807, 2.05) is 12.1 Å². The highest BCUT2D eigenvalue weighted by molar-refractivity contribution is 5.84. The minimum atomic E-state index is 0.275. The standard InChI is InChI=1S/C48H80N2O2/c1-3-5-7-9-11-13-15-17-19-21-23-25-27-29-31-43-33-35-47(51)45(39-43)41-49-37-38-50-42-46-40-44(34-36-48(46)52)32-30-28-26-24-22-20-18-16-14-12-10-8-6-4-2/h33-36,39-42,51-52H,3-32,37-38H2,1-2H3. The highest BCUT2D eigenvalue weighted by Gasteiger charge is 2.03. The summed E-state index contributed by atoms with van der Waals surface area (Å²) in [6, 6.07) is 11.8. The summed E-state index contributed by atoms with van der Waals surface area (Å²) >= 11 is 0. The average Bonchev–Trinajstić information content (AvgIpc) is 3.15. The van der Waals surface area contributed by atoms with E-state index in [1.54, 1.807) is 24.6 Å². The van der Waals surface area contributed by atoms with Crippen molar-refractivity contribution in [2.45, 2.75) is 206 Å². The van der Waals surface area contributed by atoms with E-state index >= 15 is 0 Å². The van der Waals surface area contributed by atoms with Crippen molar-refractivity contribution >= 4 is 12.4 Å². The van der Waals surface area contributed by atoms with E-state index in [0.29, 0.717) is 13.1 Å². The third-order valence-electron chi connectivity index (χ3n) is 10.6. The zero-order chi connectivity index (χ0) is 37.2. The Kier molecular flexibility index (Phi) is 28.9. The van der Waals surface area contributed by atoms with Gasteiger partial charge in [-0.05, 0) is 61.1 Å². The van der Waals surface area contributed by atoms with Crippen LogP contribution in [0.5, 0.6) is 11.5 Å². The van der Waals surface area contributed by atoms with Crippen molar-refractivity contribution in [3.05, 3.63) is 58.7 Å². The zero-order valence-corrected chi connectivity index (χ0v) is 34.0. The van der Waals surface area contributed by atoms with E-state index in [1.165, 1.54) is 191 Å². The number of rotatable bonds is 35. The number of aromatic hydroxyl groups is 2. The third-order valence-corrected chi connectivity index (χ3v) is 10.6. The summed E-state index contributed by atoms with van der Waals surface area (Å²) in [5.41, 5.74) is 4.09. The lowest BCUT2D eigenvalue weighted by atomic mass is 10.0. The predicted octanol–water partition coefficient (Wildman–Crippen LogP) is 14.7. The molecular weight excluding hydrogens is 637 g/mol. The summed E-state index contributed by atoms with van der Waals surface area (Å²) < 4.78 is 0. The molecule has 0 aromatic heterocycles. The van der Waals surface area contributed by atoms with E-state index in [0.717, 1.165) is 24.0 Å². The smallest absolute Gasteiger partial charge is 0.124 e. The molecule has 0 saturated heterocycles. The van der Waals surface area contributed by atoms with Gasteiger partial charge in [-0.1, -0.05) is 193 Å². The molecule has 0 spiro atoms. The Labute approximate surface area is 321 Å². The predicted molar refractivity (Wildman–Crippen MR) is 229 cm³/mol. The molecule has 0 radical (unpaired) electrons. The molecule has 2 rings (SSSR count). The average molecular weight is 717 g/mol. The molecule has 0 heterocycles. The number of phenolic OH excluding ortho intramolecular Hbond substituents is 2. The molecule has 2 aromatic rings. The van der Waals surface area contributed by atoms with Crippen molar-refractivity contribution < 1.29 is 10.2 Å². The van der Waals surface area contributed by atoms with Crippen LogP contribution >= 0.6 is 0 Å². The van der Waals surface area contributed by atoms with Gasteiger partial charge in [0.2, 0.25) is 0 Å². The van der Waals surface area contributed by atoms with Crippen molar-refractivity contribution in [3.8, 4) is 11.5 Å². The first-order chi connectivity index (χ1) is 25.6. The Morgan fingerprint density at radius 2 is 0.654 bits per heavy atom. The topological polar surface area (TPSA) is 65.2 Å². The summed E-state index contributed by atoms with van der Waals surface area (Å²) in [6.07, 6.45) is 44.1. The lowest BCUT2D eigenvalue weighted by Gasteiger charge is -2.06. The van der Waals surface area contributed by atoms with Crippen LogP contribution in [-0.2, 0) is 12.8 Å². The lowest BCUT2D eigenvalue weighted by Crippen LogP contribution is -1.94. The van der Waals surface area contributed by atoms with Crippen LogP contribution in [0, 0.1) is 0 Å². The van der Waals surface area contributed by atoms with Crippen molar-refractivity contribution in [2.24, 2.45) is 9.98 Å². The van der Waals surface area contributed by atoms with Gasteiger partial charge in [-0.15, -0.1) is 0 Å². The number of aliphatic imine (C=N–C) groups is 2. The Balaban J connectivity index is 1.54. The third kappa shape index (κ3) is 24.6. The highest BCUT2D eigenvalue weighted by atomic mass is 16.3. The van der Waals surface area contributed by atoms with Crippen molar-refractivity contribution in [2.75, 3.05) is 13.1 Å². The second-order valence-corrected chi connectivity index (χ2v) is 15.5. The van der Waals surface area contributed by atoms with Gasteiger partial charge in [0.1, 0.15) is 11.5 Å². The molecule has 294 valence electrons. The Morgan fingerprint density at radius 3 is 0.942 bits per heavy atom. The fourth-order valence-electron chi connectivity index (χ4n) is 7.21. The molecule has 0 aliphatic rings. The van der Waals surface area contributed by atoms with Crippen LogP contribution in [0.3, 0.4) is 0 Å². The molecule has 4 nitrogen and oxygen atoms in total. The molecule has 0 bridgehead atoms. The first-order valence-corrected chi connectivity index (χ1v) is 22.3. The number of hydrogen-bond acceptors (Lipinski definition) is 4. The molecule has 0 aliphatic heterocycles. The maximum atomic E-state index is 10.4.